The van der Waals surface area contributed by atoms with E-state index in [1.54, 1.807) is 20.8 Å². The van der Waals surface area contributed by atoms with Gasteiger partial charge in [0.25, 0.3) is 11.8 Å². The number of piperidine rings is 1. The molecular weight excluding hydrogens is 554 g/mol. The number of aromatic nitrogens is 2. The monoisotopic (exact) mass is 597 g/mol. The van der Waals surface area contributed by atoms with Crippen molar-refractivity contribution in [1.29, 1.82) is 0 Å². The lowest BCUT2D eigenvalue weighted by Crippen LogP contribution is -2.61. The topological polar surface area (TPSA) is 180 Å². The molecule has 1 aliphatic heterocycles. The molecule has 2 aliphatic carbocycles. The highest BCUT2D eigenvalue weighted by atomic mass is 16.2. The number of carbonyl (C=O) groups is 6. The van der Waals surface area contributed by atoms with Crippen LogP contribution in [0.3, 0.4) is 0 Å². The minimum Gasteiger partial charge on any atom is -0.347 e. The lowest BCUT2D eigenvalue weighted by atomic mass is 9.85. The number of rotatable bonds is 12. The number of nitrogens with zero attached hydrogens (tertiary/aromatic N) is 3. The summed E-state index contributed by atoms with van der Waals surface area (Å²) in [6.45, 7) is 11.3. The SMILES string of the molecule is CCC[C@H](NC(=O)[C@@H]1[C@@H]2[C@H](CN1C(=O)[C@@H](NC(=O)CNC(=O)c1cnccn1)C(C)(C)C)C2(C)C)C(=O)C(=O)NC1CC1. The number of hydrogen-bond acceptors (Lipinski definition) is 8. The summed E-state index contributed by atoms with van der Waals surface area (Å²) in [5, 5.41) is 10.7. The minimum absolute atomic E-state index is 0.00951. The van der Waals surface area contributed by atoms with Crippen molar-refractivity contribution in [3.63, 3.8) is 0 Å². The van der Waals surface area contributed by atoms with Gasteiger partial charge in [0.05, 0.1) is 18.8 Å². The summed E-state index contributed by atoms with van der Waals surface area (Å²) in [4.78, 5) is 87.8. The van der Waals surface area contributed by atoms with Crippen molar-refractivity contribution in [3.8, 4) is 0 Å². The molecule has 13 heteroatoms. The van der Waals surface area contributed by atoms with E-state index in [0.29, 0.717) is 19.4 Å². The highest BCUT2D eigenvalue weighted by Crippen LogP contribution is 2.65. The summed E-state index contributed by atoms with van der Waals surface area (Å²) >= 11 is 0. The predicted molar refractivity (Wildman–Crippen MR) is 155 cm³/mol. The van der Waals surface area contributed by atoms with Gasteiger partial charge in [-0.3, -0.25) is 33.8 Å². The van der Waals surface area contributed by atoms with Crippen molar-refractivity contribution in [2.24, 2.45) is 22.7 Å². The molecule has 43 heavy (non-hydrogen) atoms. The number of likely N-dealkylation sites (tertiary alicyclic amines) is 1. The maximum absolute atomic E-state index is 14.1. The molecule has 5 atom stereocenters. The van der Waals surface area contributed by atoms with Crippen LogP contribution >= 0.6 is 0 Å². The second kappa shape index (κ2) is 12.4. The van der Waals surface area contributed by atoms with Gasteiger partial charge >= 0.3 is 0 Å². The zero-order valence-corrected chi connectivity index (χ0v) is 25.7. The van der Waals surface area contributed by atoms with Gasteiger partial charge in [0, 0.05) is 25.0 Å². The predicted octanol–water partition coefficient (Wildman–Crippen LogP) is 0.353. The van der Waals surface area contributed by atoms with Crippen molar-refractivity contribution in [2.75, 3.05) is 13.1 Å². The van der Waals surface area contributed by atoms with E-state index in [2.05, 4.69) is 31.2 Å². The number of carbonyl (C=O) groups excluding carboxylic acids is 6. The summed E-state index contributed by atoms with van der Waals surface area (Å²) in [6.07, 6.45) is 6.60. The molecule has 2 saturated carbocycles. The Morgan fingerprint density at radius 2 is 1.77 bits per heavy atom. The molecule has 3 fully saturated rings. The van der Waals surface area contributed by atoms with Crippen molar-refractivity contribution in [2.45, 2.75) is 91.4 Å². The zero-order chi connectivity index (χ0) is 31.7. The molecule has 1 aromatic rings. The first kappa shape index (κ1) is 32.0. The second-order valence-corrected chi connectivity index (χ2v) is 13.5. The molecule has 0 radical (unpaired) electrons. The van der Waals surface area contributed by atoms with Gasteiger partial charge in [-0.25, -0.2) is 4.98 Å². The first-order chi connectivity index (χ1) is 20.2. The fraction of sp³-hybridized carbons (Fsp3) is 0.667. The van der Waals surface area contributed by atoms with Gasteiger partial charge in [-0.15, -0.1) is 0 Å². The minimum atomic E-state index is -0.998. The van der Waals surface area contributed by atoms with E-state index >= 15 is 0 Å². The van der Waals surface area contributed by atoms with E-state index in [-0.39, 0.29) is 35.5 Å². The molecule has 13 nitrogen and oxygen atoms in total. The average Bonchev–Trinajstić information content (AvgIpc) is 3.80. The summed E-state index contributed by atoms with van der Waals surface area (Å²) in [5.41, 5.74) is -0.860. The van der Waals surface area contributed by atoms with Crippen LogP contribution in [0.25, 0.3) is 0 Å². The van der Waals surface area contributed by atoms with Gasteiger partial charge in [-0.05, 0) is 41.9 Å². The highest BCUT2D eigenvalue weighted by Gasteiger charge is 2.69. The summed E-state index contributed by atoms with van der Waals surface area (Å²) in [7, 11) is 0. The molecule has 3 aliphatic rings. The van der Waals surface area contributed by atoms with E-state index in [9.17, 15) is 28.8 Å². The van der Waals surface area contributed by atoms with Crippen LogP contribution in [0.4, 0.5) is 0 Å². The van der Waals surface area contributed by atoms with Crippen LogP contribution in [0.15, 0.2) is 18.6 Å². The van der Waals surface area contributed by atoms with E-state index < -0.39 is 58.9 Å². The number of Topliss-reactive ketones (excluding diaryl/α,β-unsaturated/α-hetero) is 1. The summed E-state index contributed by atoms with van der Waals surface area (Å²) in [5.74, 6) is -3.50. The molecule has 234 valence electrons. The molecule has 4 N–H and O–H groups in total. The lowest BCUT2D eigenvalue weighted by Gasteiger charge is -2.38. The van der Waals surface area contributed by atoms with Crippen molar-refractivity contribution in [1.82, 2.24) is 36.1 Å². The number of ketones is 1. The lowest BCUT2D eigenvalue weighted by molar-refractivity contribution is -0.146. The van der Waals surface area contributed by atoms with Crippen LogP contribution in [0.2, 0.25) is 0 Å². The van der Waals surface area contributed by atoms with Crippen LogP contribution in [0, 0.1) is 22.7 Å². The Labute approximate surface area is 251 Å². The van der Waals surface area contributed by atoms with E-state index in [1.165, 1.54) is 23.5 Å². The van der Waals surface area contributed by atoms with E-state index in [4.69, 9.17) is 0 Å². The Morgan fingerprint density at radius 1 is 1.07 bits per heavy atom. The summed E-state index contributed by atoms with van der Waals surface area (Å²) in [6, 6.07) is -2.84. The smallest absolute Gasteiger partial charge is 0.289 e. The van der Waals surface area contributed by atoms with Gasteiger partial charge in [0.1, 0.15) is 17.8 Å². The van der Waals surface area contributed by atoms with Gasteiger partial charge in [0.15, 0.2) is 0 Å². The van der Waals surface area contributed by atoms with E-state index in [1.807, 2.05) is 20.8 Å². The number of amides is 5. The molecule has 1 saturated heterocycles. The molecule has 2 heterocycles. The fourth-order valence-corrected chi connectivity index (χ4v) is 5.96. The van der Waals surface area contributed by atoms with Gasteiger partial charge in [0.2, 0.25) is 23.5 Å². The van der Waals surface area contributed by atoms with Crippen LogP contribution in [-0.4, -0.2) is 87.4 Å². The van der Waals surface area contributed by atoms with Crippen molar-refractivity contribution in [3.05, 3.63) is 24.3 Å². The Kier molecular flexibility index (Phi) is 9.22. The van der Waals surface area contributed by atoms with E-state index in [0.717, 1.165) is 12.8 Å². The zero-order valence-electron chi connectivity index (χ0n) is 25.7. The van der Waals surface area contributed by atoms with Crippen molar-refractivity contribution < 1.29 is 28.8 Å². The Bertz CT molecular complexity index is 1270. The Morgan fingerprint density at radius 3 is 2.35 bits per heavy atom. The van der Waals surface area contributed by atoms with Crippen LogP contribution < -0.4 is 21.3 Å². The highest BCUT2D eigenvalue weighted by molar-refractivity contribution is 6.38. The Balaban J connectivity index is 1.47. The van der Waals surface area contributed by atoms with Crippen LogP contribution in [-0.2, 0) is 24.0 Å². The maximum atomic E-state index is 14.1. The quantitative estimate of drug-likeness (QED) is 0.249. The van der Waals surface area contributed by atoms with Gasteiger partial charge < -0.3 is 26.2 Å². The van der Waals surface area contributed by atoms with Gasteiger partial charge in [-0.1, -0.05) is 48.0 Å². The van der Waals surface area contributed by atoms with Crippen molar-refractivity contribution >= 4 is 35.3 Å². The second-order valence-electron chi connectivity index (χ2n) is 13.5. The largest absolute Gasteiger partial charge is 0.347 e. The maximum Gasteiger partial charge on any atom is 0.289 e. The van der Waals surface area contributed by atoms with Crippen LogP contribution in [0.5, 0.6) is 0 Å². The number of hydrogen-bond donors (Lipinski definition) is 4. The van der Waals surface area contributed by atoms with Crippen LogP contribution in [0.1, 0.15) is 77.7 Å². The first-order valence-corrected chi connectivity index (χ1v) is 15.0. The summed E-state index contributed by atoms with van der Waals surface area (Å²) < 4.78 is 0. The average molecular weight is 598 g/mol. The molecule has 0 aromatic carbocycles. The number of fused-ring (bicyclic) bond motifs is 1. The molecule has 5 amide bonds. The molecule has 0 unspecified atom stereocenters. The standard InChI is InChI=1S/C30H43N7O6/c1-7-8-18(23(39)27(42)34-16-9-10-16)35-26(41)22-21-17(30(21,5)6)15-37(22)28(43)24(29(2,3)4)36-20(38)14-33-25(40)19-13-31-11-12-32-19/h11-13,16-18,21-22,24H,7-10,14-15H2,1-6H3,(H,33,40)(H,34,42)(H,35,41)(H,36,38)/t17-,18-,21-,22-,24+/m0/s1. The third-order valence-corrected chi connectivity index (χ3v) is 8.73. The normalized spacial score (nSPS) is 23.3. The first-order valence-electron chi connectivity index (χ1n) is 15.0. The fourth-order valence-electron chi connectivity index (χ4n) is 5.96. The third-order valence-electron chi connectivity index (χ3n) is 8.73. The Hall–Kier alpha value is -3.90. The third kappa shape index (κ3) is 7.19. The molecular formula is C30H43N7O6. The molecule has 0 spiro atoms. The molecule has 0 bridgehead atoms. The van der Waals surface area contributed by atoms with Gasteiger partial charge in [-0.2, -0.15) is 0 Å². The molecule has 1 aromatic heterocycles. The number of nitrogens with one attached hydrogen (secondary N) is 4. The molecule has 4 rings (SSSR count).